The van der Waals surface area contributed by atoms with Gasteiger partial charge in [0.15, 0.2) is 5.82 Å². The van der Waals surface area contributed by atoms with Crippen molar-refractivity contribution in [1.29, 1.82) is 0 Å². The second kappa shape index (κ2) is 5.96. The Bertz CT molecular complexity index is 519. The zero-order valence-electron chi connectivity index (χ0n) is 10.8. The van der Waals surface area contributed by atoms with E-state index in [9.17, 15) is 4.39 Å². The molecule has 0 spiro atoms. The van der Waals surface area contributed by atoms with Crippen LogP contribution < -0.4 is 5.73 Å². The van der Waals surface area contributed by atoms with Crippen LogP contribution in [0.25, 0.3) is 11.0 Å². The molecule has 0 saturated carbocycles. The minimum absolute atomic E-state index is 0.238. The minimum atomic E-state index is -0.238. The molecule has 2 rings (SSSR count). The van der Waals surface area contributed by atoms with E-state index in [4.69, 9.17) is 5.73 Å². The molecule has 0 atom stereocenters. The maximum atomic E-state index is 13.6. The van der Waals surface area contributed by atoms with Gasteiger partial charge in [-0.25, -0.2) is 9.37 Å². The van der Waals surface area contributed by atoms with Crippen molar-refractivity contribution in [3.8, 4) is 0 Å². The molecule has 0 aliphatic rings. The molecule has 18 heavy (non-hydrogen) atoms. The summed E-state index contributed by atoms with van der Waals surface area (Å²) in [5.41, 5.74) is 6.81. The smallest absolute Gasteiger partial charge is 0.151 e. The highest BCUT2D eigenvalue weighted by Crippen LogP contribution is 2.19. The van der Waals surface area contributed by atoms with Crippen LogP contribution >= 0.6 is 0 Å². The average Bonchev–Trinajstić information content (AvgIpc) is 2.69. The first-order chi connectivity index (χ1) is 8.74. The summed E-state index contributed by atoms with van der Waals surface area (Å²) < 4.78 is 15.6. The predicted molar refractivity (Wildman–Crippen MR) is 71.9 cm³/mol. The lowest BCUT2D eigenvalue weighted by Gasteiger charge is -2.02. The first-order valence-electron chi connectivity index (χ1n) is 6.54. The average molecular weight is 249 g/mol. The quantitative estimate of drug-likeness (QED) is 0.800. The molecule has 3 nitrogen and oxygen atoms in total. The molecule has 0 radical (unpaired) electrons. The number of nitrogens with two attached hydrogens (primary N) is 1. The lowest BCUT2D eigenvalue weighted by atomic mass is 10.1. The van der Waals surface area contributed by atoms with Gasteiger partial charge < -0.3 is 10.3 Å². The van der Waals surface area contributed by atoms with Crippen LogP contribution in [0.1, 0.15) is 31.5 Å². The summed E-state index contributed by atoms with van der Waals surface area (Å²) >= 11 is 0. The summed E-state index contributed by atoms with van der Waals surface area (Å²) in [6, 6.07) is 5.09. The van der Waals surface area contributed by atoms with Crippen LogP contribution in [0.5, 0.6) is 0 Å². The molecular formula is C14H20FN3. The molecule has 1 aromatic carbocycles. The molecule has 0 bridgehead atoms. The molecule has 0 aliphatic carbocycles. The molecule has 4 heteroatoms. The monoisotopic (exact) mass is 249 g/mol. The molecule has 1 aromatic heterocycles. The first kappa shape index (κ1) is 13.0. The van der Waals surface area contributed by atoms with Gasteiger partial charge in [0.2, 0.25) is 0 Å². The standard InChI is InChI=1S/C14H20FN3/c1-18-12-8-6-7-11(15)14(12)17-13(18)9-4-2-3-5-10-16/h6-8H,2-5,9-10,16H2,1H3. The van der Waals surface area contributed by atoms with E-state index < -0.39 is 0 Å². The number of para-hydroxylation sites is 1. The fourth-order valence-corrected chi connectivity index (χ4v) is 2.23. The summed E-state index contributed by atoms with van der Waals surface area (Å²) in [5.74, 6) is 0.723. The van der Waals surface area contributed by atoms with Gasteiger partial charge >= 0.3 is 0 Å². The third-order valence-electron chi connectivity index (χ3n) is 3.31. The Morgan fingerprint density at radius 1 is 1.22 bits per heavy atom. The highest BCUT2D eigenvalue weighted by Gasteiger charge is 2.10. The van der Waals surface area contributed by atoms with E-state index in [1.54, 1.807) is 6.07 Å². The topological polar surface area (TPSA) is 43.8 Å². The Morgan fingerprint density at radius 3 is 2.72 bits per heavy atom. The van der Waals surface area contributed by atoms with Gasteiger partial charge in [0, 0.05) is 13.5 Å². The van der Waals surface area contributed by atoms with Crippen LogP contribution in [0.2, 0.25) is 0 Å². The summed E-state index contributed by atoms with van der Waals surface area (Å²) in [4.78, 5) is 4.39. The number of nitrogens with zero attached hydrogens (tertiary/aromatic N) is 2. The van der Waals surface area contributed by atoms with E-state index in [1.807, 2.05) is 17.7 Å². The van der Waals surface area contributed by atoms with Gasteiger partial charge in [0.1, 0.15) is 11.3 Å². The van der Waals surface area contributed by atoms with Gasteiger partial charge in [-0.05, 0) is 31.5 Å². The number of benzene rings is 1. The molecule has 98 valence electrons. The van der Waals surface area contributed by atoms with Gasteiger partial charge in [0.25, 0.3) is 0 Å². The summed E-state index contributed by atoms with van der Waals surface area (Å²) in [6.07, 6.45) is 5.38. The number of halogens is 1. The number of rotatable bonds is 6. The van der Waals surface area contributed by atoms with E-state index in [0.717, 1.165) is 50.0 Å². The number of aryl methyl sites for hydroxylation is 2. The molecular weight excluding hydrogens is 229 g/mol. The largest absolute Gasteiger partial charge is 0.331 e. The lowest BCUT2D eigenvalue weighted by Crippen LogP contribution is -2.00. The molecule has 2 aromatic rings. The molecule has 0 unspecified atom stereocenters. The number of hydrogen-bond acceptors (Lipinski definition) is 2. The summed E-state index contributed by atoms with van der Waals surface area (Å²) in [5, 5.41) is 0. The Morgan fingerprint density at radius 2 is 2.00 bits per heavy atom. The Balaban J connectivity index is 2.05. The van der Waals surface area contributed by atoms with Crippen molar-refractivity contribution in [2.45, 2.75) is 32.1 Å². The van der Waals surface area contributed by atoms with Crippen molar-refractivity contribution in [2.75, 3.05) is 6.54 Å². The molecule has 0 amide bonds. The fourth-order valence-electron chi connectivity index (χ4n) is 2.23. The van der Waals surface area contributed by atoms with Gasteiger partial charge in [-0.3, -0.25) is 0 Å². The maximum Gasteiger partial charge on any atom is 0.151 e. The molecule has 0 fully saturated rings. The summed E-state index contributed by atoms with van der Waals surface area (Å²) in [6.45, 7) is 0.761. The van der Waals surface area contributed by atoms with Gasteiger partial charge in [0.05, 0.1) is 5.52 Å². The fraction of sp³-hybridized carbons (Fsp3) is 0.500. The van der Waals surface area contributed by atoms with E-state index in [2.05, 4.69) is 4.98 Å². The molecule has 1 heterocycles. The normalized spacial score (nSPS) is 11.3. The molecule has 0 saturated heterocycles. The SMILES string of the molecule is Cn1c(CCCCCCN)nc2c(F)cccc21. The number of unbranched alkanes of at least 4 members (excludes halogenated alkanes) is 3. The second-order valence-corrected chi connectivity index (χ2v) is 4.65. The Labute approximate surface area is 107 Å². The van der Waals surface area contributed by atoms with E-state index >= 15 is 0 Å². The third kappa shape index (κ3) is 2.70. The van der Waals surface area contributed by atoms with Crippen molar-refractivity contribution >= 4 is 11.0 Å². The number of hydrogen-bond donors (Lipinski definition) is 1. The molecule has 0 aliphatic heterocycles. The third-order valence-corrected chi connectivity index (χ3v) is 3.31. The van der Waals surface area contributed by atoms with Crippen molar-refractivity contribution in [3.05, 3.63) is 29.8 Å². The van der Waals surface area contributed by atoms with Gasteiger partial charge in [-0.2, -0.15) is 0 Å². The highest BCUT2D eigenvalue weighted by atomic mass is 19.1. The van der Waals surface area contributed by atoms with Crippen molar-refractivity contribution in [1.82, 2.24) is 9.55 Å². The Kier molecular flexibility index (Phi) is 4.31. The van der Waals surface area contributed by atoms with E-state index in [0.29, 0.717) is 5.52 Å². The maximum absolute atomic E-state index is 13.6. The number of fused-ring (bicyclic) bond motifs is 1. The van der Waals surface area contributed by atoms with Crippen LogP contribution in [0.15, 0.2) is 18.2 Å². The van der Waals surface area contributed by atoms with E-state index in [-0.39, 0.29) is 5.82 Å². The van der Waals surface area contributed by atoms with Gasteiger partial charge in [-0.1, -0.05) is 18.9 Å². The Hall–Kier alpha value is -1.42. The van der Waals surface area contributed by atoms with Crippen LogP contribution in [-0.4, -0.2) is 16.1 Å². The minimum Gasteiger partial charge on any atom is -0.331 e. The first-order valence-corrected chi connectivity index (χ1v) is 6.54. The van der Waals surface area contributed by atoms with Gasteiger partial charge in [-0.15, -0.1) is 0 Å². The zero-order valence-corrected chi connectivity index (χ0v) is 10.8. The van der Waals surface area contributed by atoms with Crippen LogP contribution in [-0.2, 0) is 13.5 Å². The zero-order chi connectivity index (χ0) is 13.0. The highest BCUT2D eigenvalue weighted by molar-refractivity contribution is 5.76. The van der Waals surface area contributed by atoms with Crippen LogP contribution in [0.3, 0.4) is 0 Å². The van der Waals surface area contributed by atoms with Crippen LogP contribution in [0.4, 0.5) is 4.39 Å². The van der Waals surface area contributed by atoms with Crippen molar-refractivity contribution in [3.63, 3.8) is 0 Å². The second-order valence-electron chi connectivity index (χ2n) is 4.65. The predicted octanol–water partition coefficient (Wildman–Crippen LogP) is 2.77. The lowest BCUT2D eigenvalue weighted by molar-refractivity contribution is 0.625. The number of aromatic nitrogens is 2. The molecule has 2 N–H and O–H groups in total. The van der Waals surface area contributed by atoms with E-state index in [1.165, 1.54) is 6.07 Å². The summed E-state index contributed by atoms with van der Waals surface area (Å²) in [7, 11) is 1.95. The number of imidazole rings is 1. The van der Waals surface area contributed by atoms with Crippen LogP contribution in [0, 0.1) is 5.82 Å². The van der Waals surface area contributed by atoms with Crippen molar-refractivity contribution < 1.29 is 4.39 Å². The van der Waals surface area contributed by atoms with Crippen molar-refractivity contribution in [2.24, 2.45) is 12.8 Å².